The van der Waals surface area contributed by atoms with E-state index >= 15 is 0 Å². The highest BCUT2D eigenvalue weighted by Gasteiger charge is 2.34. The Morgan fingerprint density at radius 3 is 2.66 bits per heavy atom. The largest absolute Gasteiger partial charge is 0.497 e. The second-order valence-corrected chi connectivity index (χ2v) is 7.51. The molecule has 1 atom stereocenters. The molecule has 4 rings (SSSR count). The minimum atomic E-state index is -0.283. The minimum absolute atomic E-state index is 0.0427. The van der Waals surface area contributed by atoms with Gasteiger partial charge in [0.1, 0.15) is 10.9 Å². The van der Waals surface area contributed by atoms with Crippen molar-refractivity contribution in [1.29, 1.82) is 0 Å². The van der Waals surface area contributed by atoms with E-state index in [1.54, 1.807) is 12.1 Å². The molecular weight excluding hydrogens is 386 g/mol. The topological polar surface area (TPSA) is 54.8 Å². The molecular formula is C23H22ClN3O2. The molecule has 0 aliphatic carbocycles. The van der Waals surface area contributed by atoms with Gasteiger partial charge >= 0.3 is 0 Å². The van der Waals surface area contributed by atoms with Gasteiger partial charge in [0, 0.05) is 23.8 Å². The van der Waals surface area contributed by atoms with Crippen molar-refractivity contribution in [3.05, 3.63) is 70.4 Å². The SMILES string of the molecule is CCC(=O)N1N=C(c2ccc(C)cc2)CC1c1cc2cc(OC)ccc2nc1Cl. The second kappa shape index (κ2) is 7.84. The smallest absolute Gasteiger partial charge is 0.242 e. The predicted octanol–water partition coefficient (Wildman–Crippen LogP) is 5.29. The Morgan fingerprint density at radius 2 is 1.97 bits per heavy atom. The number of hydrogen-bond acceptors (Lipinski definition) is 4. The molecule has 1 amide bonds. The van der Waals surface area contributed by atoms with Gasteiger partial charge in [-0.1, -0.05) is 48.4 Å². The van der Waals surface area contributed by atoms with Crippen molar-refractivity contribution in [2.75, 3.05) is 7.11 Å². The number of pyridine rings is 1. The number of rotatable bonds is 4. The predicted molar refractivity (Wildman–Crippen MR) is 116 cm³/mol. The third-order valence-electron chi connectivity index (χ3n) is 5.21. The molecule has 2 heterocycles. The van der Waals surface area contributed by atoms with E-state index in [1.165, 1.54) is 5.56 Å². The van der Waals surface area contributed by atoms with Crippen LogP contribution in [0.5, 0.6) is 5.75 Å². The number of aryl methyl sites for hydroxylation is 1. The number of benzene rings is 2. The van der Waals surface area contributed by atoms with Crippen LogP contribution < -0.4 is 4.74 Å². The first-order chi connectivity index (χ1) is 14.0. The van der Waals surface area contributed by atoms with Gasteiger partial charge in [-0.05, 0) is 36.8 Å². The highest BCUT2D eigenvalue weighted by atomic mass is 35.5. The molecule has 1 aliphatic heterocycles. The van der Waals surface area contributed by atoms with E-state index in [9.17, 15) is 4.79 Å². The van der Waals surface area contributed by atoms with E-state index in [0.717, 1.165) is 33.5 Å². The molecule has 1 aromatic heterocycles. The molecule has 0 saturated heterocycles. The Hall–Kier alpha value is -2.92. The number of amides is 1. The summed E-state index contributed by atoms with van der Waals surface area (Å²) in [6, 6.07) is 15.5. The van der Waals surface area contributed by atoms with E-state index in [4.69, 9.17) is 16.3 Å². The first-order valence-electron chi connectivity index (χ1n) is 9.61. The molecule has 0 fully saturated rings. The summed E-state index contributed by atoms with van der Waals surface area (Å²) in [5.74, 6) is 0.705. The summed E-state index contributed by atoms with van der Waals surface area (Å²) in [5, 5.41) is 7.52. The monoisotopic (exact) mass is 407 g/mol. The molecule has 0 radical (unpaired) electrons. The minimum Gasteiger partial charge on any atom is -0.497 e. The van der Waals surface area contributed by atoms with Gasteiger partial charge in [-0.25, -0.2) is 9.99 Å². The molecule has 6 heteroatoms. The van der Waals surface area contributed by atoms with Crippen LogP contribution in [0.15, 0.2) is 53.6 Å². The van der Waals surface area contributed by atoms with Crippen molar-refractivity contribution in [1.82, 2.24) is 9.99 Å². The average Bonchev–Trinajstić information content (AvgIpc) is 3.18. The number of nitrogens with zero attached hydrogens (tertiary/aromatic N) is 3. The van der Waals surface area contributed by atoms with Crippen molar-refractivity contribution >= 4 is 34.1 Å². The lowest BCUT2D eigenvalue weighted by atomic mass is 9.98. The van der Waals surface area contributed by atoms with Crippen LogP contribution in [0.2, 0.25) is 5.15 Å². The molecule has 3 aromatic rings. The highest BCUT2D eigenvalue weighted by molar-refractivity contribution is 6.30. The van der Waals surface area contributed by atoms with Gasteiger partial charge < -0.3 is 4.74 Å². The zero-order valence-corrected chi connectivity index (χ0v) is 17.4. The van der Waals surface area contributed by atoms with Gasteiger partial charge in [-0.15, -0.1) is 0 Å². The van der Waals surface area contributed by atoms with Crippen LogP contribution >= 0.6 is 11.6 Å². The van der Waals surface area contributed by atoms with Gasteiger partial charge in [0.15, 0.2) is 0 Å². The molecule has 5 nitrogen and oxygen atoms in total. The quantitative estimate of drug-likeness (QED) is 0.552. The number of carbonyl (C=O) groups is 1. The first-order valence-corrected chi connectivity index (χ1v) is 9.98. The number of ether oxygens (including phenoxy) is 1. The summed E-state index contributed by atoms with van der Waals surface area (Å²) in [6.07, 6.45) is 0.958. The Morgan fingerprint density at radius 1 is 1.21 bits per heavy atom. The van der Waals surface area contributed by atoms with E-state index in [-0.39, 0.29) is 11.9 Å². The fourth-order valence-electron chi connectivity index (χ4n) is 3.57. The van der Waals surface area contributed by atoms with Crippen molar-refractivity contribution in [2.45, 2.75) is 32.7 Å². The molecule has 0 saturated carbocycles. The van der Waals surface area contributed by atoms with Gasteiger partial charge in [0.2, 0.25) is 5.91 Å². The summed E-state index contributed by atoms with van der Waals surface area (Å²) in [5.41, 5.74) is 4.64. The third kappa shape index (κ3) is 3.70. The van der Waals surface area contributed by atoms with E-state index in [0.29, 0.717) is 18.0 Å². The maximum absolute atomic E-state index is 12.6. The molecule has 0 N–H and O–H groups in total. The van der Waals surface area contributed by atoms with Crippen LogP contribution in [-0.4, -0.2) is 28.7 Å². The van der Waals surface area contributed by atoms with Crippen LogP contribution in [0.4, 0.5) is 0 Å². The number of methoxy groups -OCH3 is 1. The van der Waals surface area contributed by atoms with Gasteiger partial charge in [-0.2, -0.15) is 5.10 Å². The van der Waals surface area contributed by atoms with Crippen LogP contribution in [0.1, 0.15) is 42.5 Å². The Kier molecular flexibility index (Phi) is 5.24. The molecule has 0 spiro atoms. The molecule has 1 aliphatic rings. The van der Waals surface area contributed by atoms with Crippen molar-refractivity contribution < 1.29 is 9.53 Å². The van der Waals surface area contributed by atoms with Crippen molar-refractivity contribution in [3.8, 4) is 5.75 Å². The lowest BCUT2D eigenvalue weighted by Crippen LogP contribution is -2.26. The molecule has 0 bridgehead atoms. The summed E-state index contributed by atoms with van der Waals surface area (Å²) < 4.78 is 5.33. The van der Waals surface area contributed by atoms with Gasteiger partial charge in [-0.3, -0.25) is 4.79 Å². The number of hydrogen-bond donors (Lipinski definition) is 0. The lowest BCUT2D eigenvalue weighted by Gasteiger charge is -2.22. The number of hydrazone groups is 1. The van der Waals surface area contributed by atoms with Crippen LogP contribution in [0.3, 0.4) is 0 Å². The van der Waals surface area contributed by atoms with E-state index in [2.05, 4.69) is 10.1 Å². The molecule has 148 valence electrons. The average molecular weight is 408 g/mol. The van der Waals surface area contributed by atoms with Crippen molar-refractivity contribution in [3.63, 3.8) is 0 Å². The fourth-order valence-corrected chi connectivity index (χ4v) is 3.84. The van der Waals surface area contributed by atoms with E-state index < -0.39 is 0 Å². The number of fused-ring (bicyclic) bond motifs is 1. The Balaban J connectivity index is 1.77. The van der Waals surface area contributed by atoms with E-state index in [1.807, 2.05) is 62.4 Å². The molecule has 29 heavy (non-hydrogen) atoms. The summed E-state index contributed by atoms with van der Waals surface area (Å²) in [7, 11) is 1.63. The standard InChI is InChI=1S/C23H22ClN3O2/c1-4-22(28)27-21(13-20(26-27)15-7-5-14(2)6-8-15)18-12-16-11-17(29-3)9-10-19(16)25-23(18)24/h5-12,21H,4,13H2,1-3H3. The summed E-state index contributed by atoms with van der Waals surface area (Å²) in [4.78, 5) is 17.2. The maximum Gasteiger partial charge on any atom is 0.242 e. The summed E-state index contributed by atoms with van der Waals surface area (Å²) >= 11 is 6.55. The molecule has 2 aromatic carbocycles. The van der Waals surface area contributed by atoms with Crippen LogP contribution in [0.25, 0.3) is 10.9 Å². The fraction of sp³-hybridized carbons (Fsp3) is 0.261. The normalized spacial score (nSPS) is 16.2. The number of carbonyl (C=O) groups excluding carboxylic acids is 1. The van der Waals surface area contributed by atoms with Gasteiger partial charge in [0.05, 0.1) is 24.4 Å². The molecule has 1 unspecified atom stereocenters. The Labute approximate surface area is 175 Å². The number of aromatic nitrogens is 1. The third-order valence-corrected chi connectivity index (χ3v) is 5.52. The van der Waals surface area contributed by atoms with Crippen LogP contribution in [-0.2, 0) is 4.79 Å². The maximum atomic E-state index is 12.6. The second-order valence-electron chi connectivity index (χ2n) is 7.15. The highest BCUT2D eigenvalue weighted by Crippen LogP contribution is 2.38. The summed E-state index contributed by atoms with van der Waals surface area (Å²) in [6.45, 7) is 3.88. The lowest BCUT2D eigenvalue weighted by molar-refractivity contribution is -0.132. The number of halogens is 1. The zero-order chi connectivity index (χ0) is 20.5. The Bertz CT molecular complexity index is 1110. The first kappa shape index (κ1) is 19.4. The van der Waals surface area contributed by atoms with Crippen LogP contribution in [0, 0.1) is 6.92 Å². The zero-order valence-electron chi connectivity index (χ0n) is 16.6. The van der Waals surface area contributed by atoms with Gasteiger partial charge in [0.25, 0.3) is 0 Å². The van der Waals surface area contributed by atoms with Crippen molar-refractivity contribution in [2.24, 2.45) is 5.10 Å².